The van der Waals surface area contributed by atoms with Gasteiger partial charge in [0, 0.05) is 13.0 Å². The van der Waals surface area contributed by atoms with Crippen LogP contribution in [0.3, 0.4) is 0 Å². The van der Waals surface area contributed by atoms with Crippen LogP contribution in [-0.4, -0.2) is 30.1 Å². The molecule has 0 saturated carbocycles. The maximum atomic E-state index is 11.9. The predicted molar refractivity (Wildman–Crippen MR) is 70.3 cm³/mol. The number of anilines is 1. The van der Waals surface area contributed by atoms with Gasteiger partial charge in [0.25, 0.3) is 0 Å². The maximum Gasteiger partial charge on any atom is 0.308 e. The van der Waals surface area contributed by atoms with Crippen molar-refractivity contribution in [3.8, 4) is 5.75 Å². The molecule has 1 amide bonds. The predicted octanol–water partition coefficient (Wildman–Crippen LogP) is 1.91. The Balaban J connectivity index is 2.22. The SMILES string of the molecule is CCCOc1ccccc1N1CC(C(=O)O)CC1=O. The molecule has 1 unspecified atom stereocenters. The first-order chi connectivity index (χ1) is 9.13. The maximum absolute atomic E-state index is 11.9. The summed E-state index contributed by atoms with van der Waals surface area (Å²) in [5.74, 6) is -1.10. The number of ether oxygens (including phenoxy) is 1. The minimum Gasteiger partial charge on any atom is -0.491 e. The van der Waals surface area contributed by atoms with Crippen molar-refractivity contribution in [2.24, 2.45) is 5.92 Å². The van der Waals surface area contributed by atoms with Gasteiger partial charge in [-0.2, -0.15) is 0 Å². The molecule has 1 fully saturated rings. The fourth-order valence-corrected chi connectivity index (χ4v) is 2.12. The number of hydrogen-bond donors (Lipinski definition) is 1. The number of carboxylic acid groups (broad SMARTS) is 1. The summed E-state index contributed by atoms with van der Waals surface area (Å²) in [5.41, 5.74) is 0.657. The molecular formula is C14H17NO4. The molecule has 19 heavy (non-hydrogen) atoms. The topological polar surface area (TPSA) is 66.8 Å². The molecule has 0 aromatic heterocycles. The van der Waals surface area contributed by atoms with Crippen LogP contribution in [-0.2, 0) is 9.59 Å². The highest BCUT2D eigenvalue weighted by Crippen LogP contribution is 2.33. The van der Waals surface area contributed by atoms with E-state index in [1.54, 1.807) is 12.1 Å². The van der Waals surface area contributed by atoms with E-state index >= 15 is 0 Å². The van der Waals surface area contributed by atoms with Gasteiger partial charge >= 0.3 is 5.97 Å². The second-order valence-electron chi connectivity index (χ2n) is 4.56. The van der Waals surface area contributed by atoms with Gasteiger partial charge in [-0.3, -0.25) is 9.59 Å². The lowest BCUT2D eigenvalue weighted by atomic mass is 10.1. The molecule has 1 aliphatic heterocycles. The second kappa shape index (κ2) is 5.73. The van der Waals surface area contributed by atoms with Crippen molar-refractivity contribution in [3.05, 3.63) is 24.3 Å². The van der Waals surface area contributed by atoms with Gasteiger partial charge in [0.2, 0.25) is 5.91 Å². The number of benzene rings is 1. The van der Waals surface area contributed by atoms with Crippen LogP contribution >= 0.6 is 0 Å². The van der Waals surface area contributed by atoms with Gasteiger partial charge in [0.15, 0.2) is 0 Å². The van der Waals surface area contributed by atoms with Crippen molar-refractivity contribution in [3.63, 3.8) is 0 Å². The number of carbonyl (C=O) groups excluding carboxylic acids is 1. The quantitative estimate of drug-likeness (QED) is 0.881. The average molecular weight is 263 g/mol. The molecular weight excluding hydrogens is 246 g/mol. The number of aliphatic carboxylic acids is 1. The molecule has 1 aromatic rings. The first-order valence-corrected chi connectivity index (χ1v) is 6.38. The first kappa shape index (κ1) is 13.4. The minimum absolute atomic E-state index is 0.0530. The molecule has 0 spiro atoms. The summed E-state index contributed by atoms with van der Waals surface area (Å²) in [6, 6.07) is 7.23. The van der Waals surface area contributed by atoms with Crippen molar-refractivity contribution in [2.75, 3.05) is 18.1 Å². The number of para-hydroxylation sites is 2. The summed E-state index contributed by atoms with van der Waals surface area (Å²) in [5, 5.41) is 9.00. The van der Waals surface area contributed by atoms with Crippen molar-refractivity contribution < 1.29 is 19.4 Å². The van der Waals surface area contributed by atoms with Gasteiger partial charge in [-0.25, -0.2) is 0 Å². The Morgan fingerprint density at radius 2 is 2.21 bits per heavy atom. The van der Waals surface area contributed by atoms with E-state index < -0.39 is 11.9 Å². The Morgan fingerprint density at radius 1 is 1.47 bits per heavy atom. The number of amides is 1. The van der Waals surface area contributed by atoms with Crippen LogP contribution < -0.4 is 9.64 Å². The van der Waals surface area contributed by atoms with Crippen molar-refractivity contribution in [1.82, 2.24) is 0 Å². The molecule has 0 radical (unpaired) electrons. The summed E-state index contributed by atoms with van der Waals surface area (Å²) < 4.78 is 5.60. The van der Waals surface area contributed by atoms with Crippen LogP contribution in [0.2, 0.25) is 0 Å². The molecule has 0 bridgehead atoms. The zero-order valence-corrected chi connectivity index (χ0v) is 10.8. The summed E-state index contributed by atoms with van der Waals surface area (Å²) in [4.78, 5) is 24.4. The highest BCUT2D eigenvalue weighted by molar-refractivity contribution is 6.00. The van der Waals surface area contributed by atoms with Gasteiger partial charge in [0.1, 0.15) is 5.75 Å². The van der Waals surface area contributed by atoms with Gasteiger partial charge in [0.05, 0.1) is 18.2 Å². The van der Waals surface area contributed by atoms with E-state index in [1.165, 1.54) is 4.90 Å². The second-order valence-corrected chi connectivity index (χ2v) is 4.56. The van der Waals surface area contributed by atoms with Gasteiger partial charge in [-0.05, 0) is 18.6 Å². The number of nitrogens with zero attached hydrogens (tertiary/aromatic N) is 1. The average Bonchev–Trinajstić information content (AvgIpc) is 2.79. The Hall–Kier alpha value is -2.04. The monoisotopic (exact) mass is 263 g/mol. The third-order valence-electron chi connectivity index (χ3n) is 3.09. The van der Waals surface area contributed by atoms with E-state index in [-0.39, 0.29) is 18.9 Å². The molecule has 1 saturated heterocycles. The third kappa shape index (κ3) is 2.86. The van der Waals surface area contributed by atoms with Crippen molar-refractivity contribution >= 4 is 17.6 Å². The highest BCUT2D eigenvalue weighted by atomic mass is 16.5. The molecule has 0 aliphatic carbocycles. The molecule has 5 heteroatoms. The molecule has 5 nitrogen and oxygen atoms in total. The first-order valence-electron chi connectivity index (χ1n) is 6.38. The van der Waals surface area contributed by atoms with Crippen LogP contribution in [0.15, 0.2) is 24.3 Å². The summed E-state index contributed by atoms with van der Waals surface area (Å²) in [6.07, 6.45) is 0.928. The third-order valence-corrected chi connectivity index (χ3v) is 3.09. The Bertz CT molecular complexity index is 486. The van der Waals surface area contributed by atoms with E-state index in [9.17, 15) is 9.59 Å². The number of carboxylic acids is 1. The molecule has 2 rings (SSSR count). The molecule has 1 aromatic carbocycles. The summed E-state index contributed by atoms with van der Waals surface area (Å²) >= 11 is 0. The van der Waals surface area contributed by atoms with E-state index in [0.29, 0.717) is 18.0 Å². The molecule has 1 N–H and O–H groups in total. The van der Waals surface area contributed by atoms with E-state index in [1.807, 2.05) is 19.1 Å². The van der Waals surface area contributed by atoms with E-state index in [0.717, 1.165) is 6.42 Å². The lowest BCUT2D eigenvalue weighted by Gasteiger charge is -2.19. The van der Waals surface area contributed by atoms with Crippen LogP contribution in [0.25, 0.3) is 0 Å². The largest absolute Gasteiger partial charge is 0.491 e. The van der Waals surface area contributed by atoms with Gasteiger partial charge < -0.3 is 14.7 Å². The number of carbonyl (C=O) groups is 2. The zero-order valence-electron chi connectivity index (χ0n) is 10.8. The molecule has 102 valence electrons. The molecule has 1 heterocycles. The lowest BCUT2D eigenvalue weighted by Crippen LogP contribution is -2.26. The number of hydrogen-bond acceptors (Lipinski definition) is 3. The van der Waals surface area contributed by atoms with Crippen LogP contribution in [0.5, 0.6) is 5.75 Å². The Kier molecular flexibility index (Phi) is 4.04. The smallest absolute Gasteiger partial charge is 0.308 e. The van der Waals surface area contributed by atoms with Crippen molar-refractivity contribution in [2.45, 2.75) is 19.8 Å². The van der Waals surface area contributed by atoms with Gasteiger partial charge in [-0.1, -0.05) is 19.1 Å². The Labute approximate surface area is 111 Å². The van der Waals surface area contributed by atoms with Crippen LogP contribution in [0.4, 0.5) is 5.69 Å². The fraction of sp³-hybridized carbons (Fsp3) is 0.429. The van der Waals surface area contributed by atoms with Crippen molar-refractivity contribution in [1.29, 1.82) is 0 Å². The van der Waals surface area contributed by atoms with E-state index in [2.05, 4.69) is 0 Å². The Morgan fingerprint density at radius 3 is 2.84 bits per heavy atom. The molecule has 1 atom stereocenters. The minimum atomic E-state index is -0.928. The highest BCUT2D eigenvalue weighted by Gasteiger charge is 2.36. The van der Waals surface area contributed by atoms with Gasteiger partial charge in [-0.15, -0.1) is 0 Å². The van der Waals surface area contributed by atoms with E-state index in [4.69, 9.17) is 9.84 Å². The van der Waals surface area contributed by atoms with Crippen LogP contribution in [0.1, 0.15) is 19.8 Å². The number of rotatable bonds is 5. The zero-order chi connectivity index (χ0) is 13.8. The summed E-state index contributed by atoms with van der Waals surface area (Å²) in [6.45, 7) is 2.78. The fourth-order valence-electron chi connectivity index (χ4n) is 2.12. The van der Waals surface area contributed by atoms with Crippen LogP contribution in [0, 0.1) is 5.92 Å². The standard InChI is InChI=1S/C14H17NO4/c1-2-7-19-12-6-4-3-5-11(12)15-9-10(14(17)18)8-13(15)16/h3-6,10H,2,7-9H2,1H3,(H,17,18). The normalized spacial score (nSPS) is 18.7. The lowest BCUT2D eigenvalue weighted by molar-refractivity contribution is -0.141. The summed E-state index contributed by atoms with van der Waals surface area (Å²) in [7, 11) is 0. The molecule has 1 aliphatic rings.